The quantitative estimate of drug-likeness (QED) is 0.599. The SMILES string of the molecule is CC[C@H](NC(=O)NC(C)CCOC)C(=O)O. The maximum absolute atomic E-state index is 11.4. The van der Waals surface area contributed by atoms with Crippen LogP contribution >= 0.6 is 0 Å². The lowest BCUT2D eigenvalue weighted by molar-refractivity contribution is -0.139. The number of ether oxygens (including phenoxy) is 1. The number of methoxy groups -OCH3 is 1. The minimum Gasteiger partial charge on any atom is -0.480 e. The molecule has 0 radical (unpaired) electrons. The van der Waals surface area contributed by atoms with E-state index in [1.807, 2.05) is 6.92 Å². The molecule has 0 bridgehead atoms. The van der Waals surface area contributed by atoms with Gasteiger partial charge in [0.25, 0.3) is 0 Å². The highest BCUT2D eigenvalue weighted by atomic mass is 16.5. The molecule has 0 aromatic heterocycles. The van der Waals surface area contributed by atoms with Crippen molar-refractivity contribution >= 4 is 12.0 Å². The van der Waals surface area contributed by atoms with Crippen LogP contribution in [-0.2, 0) is 9.53 Å². The number of rotatable bonds is 7. The molecule has 0 aromatic rings. The standard InChI is InChI=1S/C10H20N2O4/c1-4-8(9(13)14)12-10(15)11-7(2)5-6-16-3/h7-8H,4-6H2,1-3H3,(H,13,14)(H2,11,12,15)/t7?,8-/m0/s1. The van der Waals surface area contributed by atoms with Gasteiger partial charge in [-0.15, -0.1) is 0 Å². The van der Waals surface area contributed by atoms with Crippen molar-refractivity contribution in [1.29, 1.82) is 0 Å². The Morgan fingerprint density at radius 2 is 2.00 bits per heavy atom. The smallest absolute Gasteiger partial charge is 0.326 e. The highest BCUT2D eigenvalue weighted by Gasteiger charge is 2.18. The number of urea groups is 1. The summed E-state index contributed by atoms with van der Waals surface area (Å²) in [7, 11) is 1.59. The molecule has 0 aliphatic rings. The largest absolute Gasteiger partial charge is 0.480 e. The van der Waals surface area contributed by atoms with Crippen molar-refractivity contribution in [2.24, 2.45) is 0 Å². The van der Waals surface area contributed by atoms with Crippen molar-refractivity contribution in [3.8, 4) is 0 Å². The van der Waals surface area contributed by atoms with Crippen molar-refractivity contribution in [1.82, 2.24) is 10.6 Å². The molecule has 0 aromatic carbocycles. The second kappa shape index (κ2) is 7.92. The van der Waals surface area contributed by atoms with E-state index in [9.17, 15) is 9.59 Å². The minimum absolute atomic E-state index is 0.0498. The van der Waals surface area contributed by atoms with Crippen molar-refractivity contribution in [3.63, 3.8) is 0 Å². The first-order valence-corrected chi connectivity index (χ1v) is 5.30. The number of amides is 2. The zero-order valence-electron chi connectivity index (χ0n) is 9.95. The lowest BCUT2D eigenvalue weighted by Gasteiger charge is -2.17. The fraction of sp³-hybridized carbons (Fsp3) is 0.800. The second-order valence-electron chi connectivity index (χ2n) is 3.60. The lowest BCUT2D eigenvalue weighted by Crippen LogP contribution is -2.48. The third-order valence-electron chi connectivity index (χ3n) is 2.14. The maximum atomic E-state index is 11.4. The number of hydrogen-bond acceptors (Lipinski definition) is 3. The average Bonchev–Trinajstić information content (AvgIpc) is 2.22. The first kappa shape index (κ1) is 14.7. The van der Waals surface area contributed by atoms with E-state index >= 15 is 0 Å². The van der Waals surface area contributed by atoms with Gasteiger partial charge in [0.15, 0.2) is 0 Å². The number of carboxylic acid groups (broad SMARTS) is 1. The van der Waals surface area contributed by atoms with Crippen molar-refractivity contribution in [2.75, 3.05) is 13.7 Å². The number of carbonyl (C=O) groups is 2. The predicted octanol–water partition coefficient (Wildman–Crippen LogP) is 0.574. The summed E-state index contributed by atoms with van der Waals surface area (Å²) < 4.78 is 4.87. The van der Waals surface area contributed by atoms with Crippen molar-refractivity contribution in [2.45, 2.75) is 38.8 Å². The fourth-order valence-electron chi connectivity index (χ4n) is 1.13. The van der Waals surface area contributed by atoms with E-state index in [4.69, 9.17) is 9.84 Å². The van der Waals surface area contributed by atoms with Crippen LogP contribution < -0.4 is 10.6 Å². The van der Waals surface area contributed by atoms with Gasteiger partial charge in [-0.25, -0.2) is 9.59 Å². The van der Waals surface area contributed by atoms with Crippen LogP contribution in [0.1, 0.15) is 26.7 Å². The Hall–Kier alpha value is -1.30. The molecule has 0 saturated carbocycles. The fourth-order valence-corrected chi connectivity index (χ4v) is 1.13. The first-order valence-electron chi connectivity index (χ1n) is 5.30. The van der Waals surface area contributed by atoms with E-state index in [1.54, 1.807) is 14.0 Å². The first-order chi connectivity index (χ1) is 7.51. The van der Waals surface area contributed by atoms with Gasteiger partial charge in [0.05, 0.1) is 0 Å². The molecule has 0 heterocycles. The van der Waals surface area contributed by atoms with Crippen LogP contribution in [0.25, 0.3) is 0 Å². The molecule has 0 spiro atoms. The number of carboxylic acids is 1. The summed E-state index contributed by atoms with van der Waals surface area (Å²) in [6.07, 6.45) is 1.04. The number of carbonyl (C=O) groups excluding carboxylic acids is 1. The van der Waals surface area contributed by atoms with Crippen molar-refractivity contribution < 1.29 is 19.4 Å². The topological polar surface area (TPSA) is 87.7 Å². The highest BCUT2D eigenvalue weighted by molar-refractivity contribution is 5.82. The van der Waals surface area contributed by atoms with Crippen LogP contribution in [-0.4, -0.2) is 42.9 Å². The van der Waals surface area contributed by atoms with E-state index in [0.29, 0.717) is 19.4 Å². The van der Waals surface area contributed by atoms with Gasteiger partial charge in [-0.3, -0.25) is 0 Å². The van der Waals surface area contributed by atoms with Crippen LogP contribution in [0.15, 0.2) is 0 Å². The molecule has 6 nitrogen and oxygen atoms in total. The van der Waals surface area contributed by atoms with E-state index in [2.05, 4.69) is 10.6 Å². The second-order valence-corrected chi connectivity index (χ2v) is 3.60. The van der Waals surface area contributed by atoms with Gasteiger partial charge in [-0.2, -0.15) is 0 Å². The number of aliphatic carboxylic acids is 1. The zero-order valence-corrected chi connectivity index (χ0v) is 9.95. The molecule has 94 valence electrons. The van der Waals surface area contributed by atoms with Gasteiger partial charge in [0, 0.05) is 19.8 Å². The van der Waals surface area contributed by atoms with Crippen LogP contribution in [0.4, 0.5) is 4.79 Å². The summed E-state index contributed by atoms with van der Waals surface area (Å²) in [4.78, 5) is 22.0. The van der Waals surface area contributed by atoms with Gasteiger partial charge in [-0.1, -0.05) is 6.92 Å². The Balaban J connectivity index is 3.92. The van der Waals surface area contributed by atoms with Crippen molar-refractivity contribution in [3.05, 3.63) is 0 Å². The van der Waals surface area contributed by atoms with E-state index in [-0.39, 0.29) is 6.04 Å². The molecule has 3 N–H and O–H groups in total. The average molecular weight is 232 g/mol. The van der Waals surface area contributed by atoms with Gasteiger partial charge in [0.2, 0.25) is 0 Å². The molecule has 1 unspecified atom stereocenters. The molecular weight excluding hydrogens is 212 g/mol. The van der Waals surface area contributed by atoms with Crippen LogP contribution in [0.5, 0.6) is 0 Å². The van der Waals surface area contributed by atoms with E-state index in [1.165, 1.54) is 0 Å². The monoisotopic (exact) mass is 232 g/mol. The van der Waals surface area contributed by atoms with Crippen LogP contribution in [0.3, 0.4) is 0 Å². The van der Waals surface area contributed by atoms with Gasteiger partial charge in [-0.05, 0) is 19.8 Å². The summed E-state index contributed by atoms with van der Waals surface area (Å²) in [6, 6.07) is -1.35. The zero-order chi connectivity index (χ0) is 12.6. The van der Waals surface area contributed by atoms with E-state index < -0.39 is 18.0 Å². The molecule has 0 aliphatic carbocycles. The molecular formula is C10H20N2O4. The summed E-state index contributed by atoms with van der Waals surface area (Å²) >= 11 is 0. The third kappa shape index (κ3) is 6.23. The molecule has 0 saturated heterocycles. The molecule has 16 heavy (non-hydrogen) atoms. The summed E-state index contributed by atoms with van der Waals surface area (Å²) in [5, 5.41) is 13.8. The van der Waals surface area contributed by atoms with Crippen LogP contribution in [0, 0.1) is 0 Å². The summed E-state index contributed by atoms with van der Waals surface area (Å²) in [6.45, 7) is 4.09. The Morgan fingerprint density at radius 3 is 2.44 bits per heavy atom. The predicted molar refractivity (Wildman–Crippen MR) is 59.3 cm³/mol. The number of nitrogens with one attached hydrogen (secondary N) is 2. The lowest BCUT2D eigenvalue weighted by atomic mass is 10.2. The highest BCUT2D eigenvalue weighted by Crippen LogP contribution is 1.93. The maximum Gasteiger partial charge on any atom is 0.326 e. The Labute approximate surface area is 95.4 Å². The summed E-state index contributed by atoms with van der Waals surface area (Å²) in [5.74, 6) is -1.03. The van der Waals surface area contributed by atoms with Gasteiger partial charge >= 0.3 is 12.0 Å². The molecule has 0 fully saturated rings. The Kier molecular flexibility index (Phi) is 7.28. The molecule has 0 rings (SSSR count). The number of hydrogen-bond donors (Lipinski definition) is 3. The van der Waals surface area contributed by atoms with Crippen LogP contribution in [0.2, 0.25) is 0 Å². The summed E-state index contributed by atoms with van der Waals surface area (Å²) in [5.41, 5.74) is 0. The molecule has 2 atom stereocenters. The molecule has 2 amide bonds. The third-order valence-corrected chi connectivity index (χ3v) is 2.14. The molecule has 6 heteroatoms. The Morgan fingerprint density at radius 1 is 1.38 bits per heavy atom. The van der Waals surface area contributed by atoms with Gasteiger partial charge < -0.3 is 20.5 Å². The van der Waals surface area contributed by atoms with E-state index in [0.717, 1.165) is 0 Å². The molecule has 0 aliphatic heterocycles. The Bertz CT molecular complexity index is 233. The normalized spacial score (nSPS) is 13.9. The van der Waals surface area contributed by atoms with Gasteiger partial charge in [0.1, 0.15) is 6.04 Å². The minimum atomic E-state index is -1.03.